The van der Waals surface area contributed by atoms with Crippen molar-refractivity contribution in [3.05, 3.63) is 16.4 Å². The molecule has 17 heavy (non-hydrogen) atoms. The zero-order valence-corrected chi connectivity index (χ0v) is 12.3. The van der Waals surface area contributed by atoms with Crippen molar-refractivity contribution >= 4 is 11.6 Å². The lowest BCUT2D eigenvalue weighted by molar-refractivity contribution is 0.304. The molecule has 0 aliphatic heterocycles. The van der Waals surface area contributed by atoms with Crippen LogP contribution < -0.4 is 5.73 Å². The predicted octanol–water partition coefficient (Wildman–Crippen LogP) is 2.94. The van der Waals surface area contributed by atoms with Crippen LogP contribution >= 0.6 is 11.6 Å². The van der Waals surface area contributed by atoms with Crippen molar-refractivity contribution in [3.63, 3.8) is 0 Å². The van der Waals surface area contributed by atoms with Crippen LogP contribution in [0, 0.1) is 5.41 Å². The van der Waals surface area contributed by atoms with Gasteiger partial charge in [0.05, 0.1) is 16.4 Å². The van der Waals surface area contributed by atoms with Gasteiger partial charge in [-0.2, -0.15) is 5.10 Å². The van der Waals surface area contributed by atoms with Crippen molar-refractivity contribution < 1.29 is 0 Å². The van der Waals surface area contributed by atoms with Crippen molar-refractivity contribution in [2.24, 2.45) is 18.2 Å². The van der Waals surface area contributed by atoms with Crippen molar-refractivity contribution in [1.29, 1.82) is 0 Å². The van der Waals surface area contributed by atoms with Gasteiger partial charge in [-0.1, -0.05) is 39.3 Å². The van der Waals surface area contributed by atoms with Crippen LogP contribution in [0.5, 0.6) is 0 Å². The summed E-state index contributed by atoms with van der Waals surface area (Å²) >= 11 is 6.30. The van der Waals surface area contributed by atoms with Gasteiger partial charge in [0.15, 0.2) is 0 Å². The first-order chi connectivity index (χ1) is 7.77. The molecule has 0 radical (unpaired) electrons. The number of rotatable bonds is 4. The summed E-state index contributed by atoms with van der Waals surface area (Å²) in [7, 11) is 1.95. The maximum absolute atomic E-state index is 6.30. The summed E-state index contributed by atoms with van der Waals surface area (Å²) in [5.41, 5.74) is 8.38. The summed E-state index contributed by atoms with van der Waals surface area (Å²) in [4.78, 5) is 0. The van der Waals surface area contributed by atoms with E-state index in [1.54, 1.807) is 0 Å². The second kappa shape index (κ2) is 5.40. The van der Waals surface area contributed by atoms with Crippen molar-refractivity contribution in [1.82, 2.24) is 9.78 Å². The summed E-state index contributed by atoms with van der Waals surface area (Å²) in [5.74, 6) is 0. The standard InChI is InChI=1S/C13H24ClN3/c1-6-9-12(14)10(17(5)16-9)7-8-11(15)13(2,3)4/h11H,6-8,15H2,1-5H3. The number of aromatic nitrogens is 2. The summed E-state index contributed by atoms with van der Waals surface area (Å²) in [6, 6.07) is 0.179. The minimum Gasteiger partial charge on any atom is -0.327 e. The van der Waals surface area contributed by atoms with Gasteiger partial charge in [0.25, 0.3) is 0 Å². The molecule has 2 N–H and O–H groups in total. The highest BCUT2D eigenvalue weighted by Crippen LogP contribution is 2.25. The smallest absolute Gasteiger partial charge is 0.0849 e. The molecule has 1 unspecified atom stereocenters. The molecule has 4 heteroatoms. The lowest BCUT2D eigenvalue weighted by Crippen LogP contribution is -2.35. The normalized spacial score (nSPS) is 14.1. The van der Waals surface area contributed by atoms with Crippen molar-refractivity contribution in [3.8, 4) is 0 Å². The number of nitrogens with two attached hydrogens (primary N) is 1. The molecule has 0 saturated carbocycles. The average Bonchev–Trinajstić information content (AvgIpc) is 2.49. The van der Waals surface area contributed by atoms with Crippen molar-refractivity contribution in [2.45, 2.75) is 53.0 Å². The van der Waals surface area contributed by atoms with Crippen LogP contribution in [0.15, 0.2) is 0 Å². The van der Waals surface area contributed by atoms with E-state index in [4.69, 9.17) is 17.3 Å². The number of halogens is 1. The molecule has 0 saturated heterocycles. The van der Waals surface area contributed by atoms with Crippen LogP contribution in [-0.4, -0.2) is 15.8 Å². The molecule has 1 rings (SSSR count). The number of nitrogens with zero attached hydrogens (tertiary/aromatic N) is 2. The topological polar surface area (TPSA) is 43.8 Å². The fraction of sp³-hybridized carbons (Fsp3) is 0.769. The Labute approximate surface area is 109 Å². The molecule has 0 amide bonds. The maximum Gasteiger partial charge on any atom is 0.0849 e. The fourth-order valence-electron chi connectivity index (χ4n) is 1.82. The SMILES string of the molecule is CCc1nn(C)c(CCC(N)C(C)(C)C)c1Cl. The van der Waals surface area contributed by atoms with Gasteiger partial charge in [0.1, 0.15) is 0 Å². The average molecular weight is 258 g/mol. The minimum atomic E-state index is 0.138. The van der Waals surface area contributed by atoms with Gasteiger partial charge in [-0.15, -0.1) is 0 Å². The van der Waals surface area contributed by atoms with E-state index in [0.717, 1.165) is 35.7 Å². The van der Waals surface area contributed by atoms with Gasteiger partial charge < -0.3 is 5.73 Å². The summed E-state index contributed by atoms with van der Waals surface area (Å²) in [6.07, 6.45) is 2.70. The van der Waals surface area contributed by atoms with E-state index in [1.807, 2.05) is 11.7 Å². The van der Waals surface area contributed by atoms with E-state index in [2.05, 4.69) is 32.8 Å². The molecule has 1 aromatic rings. The highest BCUT2D eigenvalue weighted by Gasteiger charge is 2.22. The zero-order chi connectivity index (χ0) is 13.2. The number of hydrogen-bond acceptors (Lipinski definition) is 2. The molecule has 1 aromatic heterocycles. The Morgan fingerprint density at radius 1 is 1.41 bits per heavy atom. The molecule has 1 heterocycles. The summed E-state index contributed by atoms with van der Waals surface area (Å²) < 4.78 is 1.89. The third kappa shape index (κ3) is 3.46. The lowest BCUT2D eigenvalue weighted by atomic mass is 9.84. The third-order valence-corrected chi connectivity index (χ3v) is 3.74. The van der Waals surface area contributed by atoms with Crippen LogP contribution in [0.3, 0.4) is 0 Å². The van der Waals surface area contributed by atoms with Crippen LogP contribution in [-0.2, 0) is 19.9 Å². The Hall–Kier alpha value is -0.540. The highest BCUT2D eigenvalue weighted by molar-refractivity contribution is 6.31. The molecule has 0 bridgehead atoms. The van der Waals surface area contributed by atoms with Gasteiger partial charge in [0.2, 0.25) is 0 Å². The van der Waals surface area contributed by atoms with Crippen LogP contribution in [0.4, 0.5) is 0 Å². The lowest BCUT2D eigenvalue weighted by Gasteiger charge is -2.27. The molecule has 0 fully saturated rings. The summed E-state index contributed by atoms with van der Waals surface area (Å²) in [5, 5.41) is 5.23. The van der Waals surface area contributed by atoms with E-state index in [-0.39, 0.29) is 11.5 Å². The van der Waals surface area contributed by atoms with E-state index >= 15 is 0 Å². The highest BCUT2D eigenvalue weighted by atomic mass is 35.5. The van der Waals surface area contributed by atoms with Gasteiger partial charge in [-0.25, -0.2) is 0 Å². The van der Waals surface area contributed by atoms with Gasteiger partial charge in [0, 0.05) is 13.1 Å². The second-order valence-corrected chi connectivity index (χ2v) is 6.07. The van der Waals surface area contributed by atoms with Gasteiger partial charge >= 0.3 is 0 Å². The largest absolute Gasteiger partial charge is 0.327 e. The Kier molecular flexibility index (Phi) is 4.62. The zero-order valence-electron chi connectivity index (χ0n) is 11.5. The van der Waals surface area contributed by atoms with Crippen molar-refractivity contribution in [2.75, 3.05) is 0 Å². The molecule has 0 aromatic carbocycles. The quantitative estimate of drug-likeness (QED) is 0.901. The first-order valence-electron chi connectivity index (χ1n) is 6.23. The molecule has 0 spiro atoms. The molecular formula is C13H24ClN3. The molecular weight excluding hydrogens is 234 g/mol. The van der Waals surface area contributed by atoms with E-state index < -0.39 is 0 Å². The first-order valence-corrected chi connectivity index (χ1v) is 6.61. The minimum absolute atomic E-state index is 0.138. The molecule has 0 aliphatic carbocycles. The Morgan fingerprint density at radius 2 is 2.00 bits per heavy atom. The second-order valence-electron chi connectivity index (χ2n) is 5.70. The monoisotopic (exact) mass is 257 g/mol. The van der Waals surface area contributed by atoms with E-state index in [1.165, 1.54) is 0 Å². The first kappa shape index (κ1) is 14.5. The van der Waals surface area contributed by atoms with E-state index in [9.17, 15) is 0 Å². The maximum atomic E-state index is 6.30. The predicted molar refractivity (Wildman–Crippen MR) is 73.3 cm³/mol. The fourth-order valence-corrected chi connectivity index (χ4v) is 2.20. The molecule has 0 aliphatic rings. The van der Waals surface area contributed by atoms with Gasteiger partial charge in [-0.3, -0.25) is 4.68 Å². The van der Waals surface area contributed by atoms with Crippen LogP contribution in [0.2, 0.25) is 5.02 Å². The van der Waals surface area contributed by atoms with Gasteiger partial charge in [-0.05, 0) is 24.7 Å². The third-order valence-electron chi connectivity index (χ3n) is 3.31. The Morgan fingerprint density at radius 3 is 2.41 bits per heavy atom. The molecule has 3 nitrogen and oxygen atoms in total. The Bertz CT molecular complexity index is 377. The van der Waals surface area contributed by atoms with E-state index in [0.29, 0.717) is 0 Å². The van der Waals surface area contributed by atoms with Crippen LogP contribution in [0.1, 0.15) is 45.5 Å². The summed E-state index contributed by atoms with van der Waals surface area (Å²) in [6.45, 7) is 8.57. The molecule has 98 valence electrons. The number of aryl methyl sites for hydroxylation is 2. The molecule has 1 atom stereocenters. The van der Waals surface area contributed by atoms with Crippen LogP contribution in [0.25, 0.3) is 0 Å². The Balaban J connectivity index is 2.73. The number of hydrogen-bond donors (Lipinski definition) is 1.